The molecule has 0 saturated carbocycles. The lowest BCUT2D eigenvalue weighted by atomic mass is 10.1. The Morgan fingerprint density at radius 2 is 1.90 bits per heavy atom. The summed E-state index contributed by atoms with van der Waals surface area (Å²) in [4.78, 5) is 25.4. The summed E-state index contributed by atoms with van der Waals surface area (Å²) < 4.78 is 13.5. The number of anilines is 1. The van der Waals surface area contributed by atoms with Crippen molar-refractivity contribution in [1.82, 2.24) is 0 Å². The number of hydrogen-bond acceptors (Lipinski definition) is 2. The molecule has 5 heteroatoms. The van der Waals surface area contributed by atoms with Crippen molar-refractivity contribution in [2.75, 3.05) is 4.90 Å². The number of fused-ring (bicyclic) bond motifs is 1. The van der Waals surface area contributed by atoms with Gasteiger partial charge in [-0.3, -0.25) is 9.59 Å². The van der Waals surface area contributed by atoms with Gasteiger partial charge in [0.15, 0.2) is 0 Å². The molecule has 1 aliphatic heterocycles. The van der Waals surface area contributed by atoms with Crippen LogP contribution >= 0.6 is 11.6 Å². The van der Waals surface area contributed by atoms with Gasteiger partial charge in [0.2, 0.25) is 0 Å². The average molecular weight is 304 g/mol. The van der Waals surface area contributed by atoms with Crippen LogP contribution < -0.4 is 4.90 Å². The van der Waals surface area contributed by atoms with Gasteiger partial charge < -0.3 is 4.90 Å². The number of hydrogen-bond donors (Lipinski definition) is 0. The largest absolute Gasteiger partial charge is 0.300 e. The second-order valence-corrected chi connectivity index (χ2v) is 5.40. The van der Waals surface area contributed by atoms with Crippen LogP contribution in [0.25, 0.3) is 0 Å². The Balaban J connectivity index is 1.98. The van der Waals surface area contributed by atoms with Crippen molar-refractivity contribution >= 4 is 29.0 Å². The van der Waals surface area contributed by atoms with Crippen LogP contribution in [0.15, 0.2) is 36.4 Å². The van der Waals surface area contributed by atoms with Gasteiger partial charge in [0.25, 0.3) is 11.7 Å². The molecular weight excluding hydrogens is 293 g/mol. The number of amides is 1. The summed E-state index contributed by atoms with van der Waals surface area (Å²) in [6, 6.07) is 9.60. The SMILES string of the molecule is Cc1ccc2c(c1)C(=O)C(=O)N2Cc1ccc(Cl)c(F)c1. The van der Waals surface area contributed by atoms with E-state index < -0.39 is 17.5 Å². The number of rotatable bonds is 2. The van der Waals surface area contributed by atoms with Gasteiger partial charge in [-0.25, -0.2) is 4.39 Å². The third kappa shape index (κ3) is 2.32. The van der Waals surface area contributed by atoms with Gasteiger partial charge >= 0.3 is 0 Å². The minimum absolute atomic E-state index is 0.0265. The molecule has 0 radical (unpaired) electrons. The molecule has 0 bridgehead atoms. The molecule has 1 aliphatic rings. The molecule has 1 amide bonds. The summed E-state index contributed by atoms with van der Waals surface area (Å²) in [6.07, 6.45) is 0. The Bertz CT molecular complexity index is 773. The lowest BCUT2D eigenvalue weighted by Crippen LogP contribution is -2.29. The van der Waals surface area contributed by atoms with Crippen LogP contribution in [0.4, 0.5) is 10.1 Å². The van der Waals surface area contributed by atoms with E-state index in [1.807, 2.05) is 13.0 Å². The number of carbonyl (C=O) groups excluding carboxylic acids is 2. The molecule has 3 rings (SSSR count). The van der Waals surface area contributed by atoms with Crippen LogP contribution in [-0.2, 0) is 11.3 Å². The summed E-state index contributed by atoms with van der Waals surface area (Å²) in [7, 11) is 0. The molecule has 0 saturated heterocycles. The molecule has 0 spiro atoms. The monoisotopic (exact) mass is 303 g/mol. The third-order valence-corrected chi connectivity index (χ3v) is 3.76. The number of aryl methyl sites for hydroxylation is 1. The molecule has 0 fully saturated rings. The van der Waals surface area contributed by atoms with Crippen molar-refractivity contribution in [1.29, 1.82) is 0 Å². The second kappa shape index (κ2) is 4.97. The molecule has 3 nitrogen and oxygen atoms in total. The van der Waals surface area contributed by atoms with Crippen LogP contribution in [-0.4, -0.2) is 11.7 Å². The van der Waals surface area contributed by atoms with Gasteiger partial charge in [-0.2, -0.15) is 0 Å². The second-order valence-electron chi connectivity index (χ2n) is 4.99. The van der Waals surface area contributed by atoms with E-state index in [2.05, 4.69) is 0 Å². The molecule has 1 heterocycles. The minimum Gasteiger partial charge on any atom is -0.300 e. The van der Waals surface area contributed by atoms with Crippen molar-refractivity contribution < 1.29 is 14.0 Å². The van der Waals surface area contributed by atoms with Crippen molar-refractivity contribution in [3.8, 4) is 0 Å². The Morgan fingerprint density at radius 1 is 1.14 bits per heavy atom. The van der Waals surface area contributed by atoms with E-state index in [-0.39, 0.29) is 11.6 Å². The van der Waals surface area contributed by atoms with Gasteiger partial charge in [-0.05, 0) is 36.8 Å². The highest BCUT2D eigenvalue weighted by Crippen LogP contribution is 2.31. The summed E-state index contributed by atoms with van der Waals surface area (Å²) in [5, 5.41) is 0.0265. The highest BCUT2D eigenvalue weighted by molar-refractivity contribution is 6.52. The fourth-order valence-corrected chi connectivity index (χ4v) is 2.51. The predicted molar refractivity (Wildman–Crippen MR) is 78.1 cm³/mol. The summed E-state index contributed by atoms with van der Waals surface area (Å²) in [5.74, 6) is -1.66. The van der Waals surface area contributed by atoms with E-state index >= 15 is 0 Å². The Morgan fingerprint density at radius 3 is 2.62 bits per heavy atom. The fourth-order valence-electron chi connectivity index (χ4n) is 2.39. The predicted octanol–water partition coefficient (Wildman–Crippen LogP) is 3.52. The zero-order chi connectivity index (χ0) is 15.1. The lowest BCUT2D eigenvalue weighted by Gasteiger charge is -2.16. The van der Waals surface area contributed by atoms with Crippen molar-refractivity contribution in [3.63, 3.8) is 0 Å². The van der Waals surface area contributed by atoms with Gasteiger partial charge in [-0.15, -0.1) is 0 Å². The van der Waals surface area contributed by atoms with Gasteiger partial charge in [0, 0.05) is 0 Å². The maximum Gasteiger partial charge on any atom is 0.299 e. The number of benzene rings is 2. The van der Waals surface area contributed by atoms with Crippen LogP contribution in [0.2, 0.25) is 5.02 Å². The first-order chi connectivity index (χ1) is 9.97. The third-order valence-electron chi connectivity index (χ3n) is 3.45. The zero-order valence-corrected chi connectivity index (χ0v) is 11.9. The Labute approximate surface area is 125 Å². The number of carbonyl (C=O) groups is 2. The first kappa shape index (κ1) is 13.8. The van der Waals surface area contributed by atoms with Gasteiger partial charge in [0.05, 0.1) is 22.8 Å². The number of halogens is 2. The molecule has 106 valence electrons. The van der Waals surface area contributed by atoms with Crippen molar-refractivity contribution in [3.05, 3.63) is 63.9 Å². The number of Topliss-reactive ketones (excluding diaryl/α,β-unsaturated/α-hetero) is 1. The van der Waals surface area contributed by atoms with Gasteiger partial charge in [-0.1, -0.05) is 29.3 Å². The Hall–Kier alpha value is -2.20. The quantitative estimate of drug-likeness (QED) is 0.796. The van der Waals surface area contributed by atoms with Crippen LogP contribution in [0.3, 0.4) is 0 Å². The van der Waals surface area contributed by atoms with E-state index in [1.54, 1.807) is 18.2 Å². The molecule has 0 atom stereocenters. The molecule has 2 aromatic carbocycles. The number of nitrogens with zero attached hydrogens (tertiary/aromatic N) is 1. The molecule has 21 heavy (non-hydrogen) atoms. The van der Waals surface area contributed by atoms with Crippen LogP contribution in [0.1, 0.15) is 21.5 Å². The van der Waals surface area contributed by atoms with Gasteiger partial charge in [0.1, 0.15) is 5.82 Å². The standard InChI is InChI=1S/C16H11ClFNO2/c1-9-2-5-14-11(6-9)15(20)16(21)19(14)8-10-3-4-12(17)13(18)7-10/h2-7H,8H2,1H3. The normalized spacial score (nSPS) is 13.8. The molecule has 2 aromatic rings. The van der Waals surface area contributed by atoms with Crippen LogP contribution in [0, 0.1) is 12.7 Å². The molecule has 0 aliphatic carbocycles. The van der Waals surface area contributed by atoms with Crippen LogP contribution in [0.5, 0.6) is 0 Å². The highest BCUT2D eigenvalue weighted by Gasteiger charge is 2.35. The maximum absolute atomic E-state index is 13.5. The summed E-state index contributed by atoms with van der Waals surface area (Å²) in [6.45, 7) is 1.99. The van der Waals surface area contributed by atoms with Crippen molar-refractivity contribution in [2.45, 2.75) is 13.5 Å². The smallest absolute Gasteiger partial charge is 0.299 e. The van der Waals surface area contributed by atoms with E-state index in [0.29, 0.717) is 16.8 Å². The highest BCUT2D eigenvalue weighted by atomic mass is 35.5. The molecule has 0 aromatic heterocycles. The molecule has 0 N–H and O–H groups in total. The average Bonchev–Trinajstić information content (AvgIpc) is 2.68. The maximum atomic E-state index is 13.5. The summed E-state index contributed by atoms with van der Waals surface area (Å²) >= 11 is 5.64. The van der Waals surface area contributed by atoms with E-state index in [4.69, 9.17) is 11.6 Å². The fraction of sp³-hybridized carbons (Fsp3) is 0.125. The molecule has 0 unspecified atom stereocenters. The Kier molecular flexibility index (Phi) is 3.26. The first-order valence-corrected chi connectivity index (χ1v) is 6.76. The lowest BCUT2D eigenvalue weighted by molar-refractivity contribution is -0.114. The van der Waals surface area contributed by atoms with E-state index in [9.17, 15) is 14.0 Å². The van der Waals surface area contributed by atoms with Crippen molar-refractivity contribution in [2.24, 2.45) is 0 Å². The first-order valence-electron chi connectivity index (χ1n) is 6.38. The van der Waals surface area contributed by atoms with E-state index in [1.165, 1.54) is 17.0 Å². The van der Waals surface area contributed by atoms with E-state index in [0.717, 1.165) is 5.56 Å². The topological polar surface area (TPSA) is 37.4 Å². The minimum atomic E-state index is -0.592. The number of ketones is 1. The molecular formula is C16H11ClFNO2. The zero-order valence-electron chi connectivity index (χ0n) is 11.2. The summed E-state index contributed by atoms with van der Waals surface area (Å²) in [5.41, 5.74) is 2.45.